The number of thiazole rings is 1. The Balaban J connectivity index is 1.63. The lowest BCUT2D eigenvalue weighted by Gasteiger charge is -2.11. The number of carbonyl (C=O) groups excluding carboxylic acids is 1. The summed E-state index contributed by atoms with van der Waals surface area (Å²) in [6, 6.07) is 9.77. The van der Waals surface area contributed by atoms with Crippen LogP contribution in [0, 0.1) is 20.8 Å². The molecule has 2 heterocycles. The minimum Gasteiger partial charge on any atom is -0.333 e. The van der Waals surface area contributed by atoms with Crippen molar-refractivity contribution >= 4 is 34.4 Å². The van der Waals surface area contributed by atoms with Crippen LogP contribution in [0.1, 0.15) is 21.7 Å². The van der Waals surface area contributed by atoms with Crippen molar-refractivity contribution in [1.82, 2.24) is 10.3 Å². The Morgan fingerprint density at radius 2 is 2.00 bits per heavy atom. The van der Waals surface area contributed by atoms with Gasteiger partial charge in [-0.2, -0.15) is 0 Å². The van der Waals surface area contributed by atoms with Gasteiger partial charge in [0.1, 0.15) is 5.01 Å². The summed E-state index contributed by atoms with van der Waals surface area (Å²) in [6.45, 7) is 6.50. The summed E-state index contributed by atoms with van der Waals surface area (Å²) < 4.78 is 0. The standard InChI is InChI=1S/C18H19N3OS2/c1-11-6-4-7-14(12(11)2)21-18(22)19-10-16-13(3)20-17(24-16)15-8-5-9-23-15/h4-9H,10H2,1-3H3,(H2,19,21,22). The smallest absolute Gasteiger partial charge is 0.319 e. The lowest BCUT2D eigenvalue weighted by Crippen LogP contribution is -2.28. The molecule has 0 bridgehead atoms. The maximum atomic E-state index is 12.2. The van der Waals surface area contributed by atoms with E-state index in [-0.39, 0.29) is 6.03 Å². The Kier molecular flexibility index (Phi) is 4.97. The van der Waals surface area contributed by atoms with E-state index in [0.717, 1.165) is 37.3 Å². The summed E-state index contributed by atoms with van der Waals surface area (Å²) in [6.07, 6.45) is 0. The highest BCUT2D eigenvalue weighted by atomic mass is 32.1. The maximum Gasteiger partial charge on any atom is 0.319 e. The van der Waals surface area contributed by atoms with Crippen LogP contribution in [-0.2, 0) is 6.54 Å². The Bertz CT molecular complexity index is 853. The first-order chi connectivity index (χ1) is 11.5. The lowest BCUT2D eigenvalue weighted by molar-refractivity contribution is 0.252. The molecule has 0 saturated heterocycles. The first-order valence-electron chi connectivity index (χ1n) is 7.66. The number of hydrogen-bond donors (Lipinski definition) is 2. The number of amides is 2. The molecule has 1 aromatic carbocycles. The molecule has 0 fully saturated rings. The first-order valence-corrected chi connectivity index (χ1v) is 9.35. The second kappa shape index (κ2) is 7.15. The summed E-state index contributed by atoms with van der Waals surface area (Å²) in [5, 5.41) is 8.88. The van der Waals surface area contributed by atoms with E-state index in [1.54, 1.807) is 22.7 Å². The van der Waals surface area contributed by atoms with Crippen LogP contribution in [-0.4, -0.2) is 11.0 Å². The van der Waals surface area contributed by atoms with Gasteiger partial charge in [-0.25, -0.2) is 9.78 Å². The zero-order valence-electron chi connectivity index (χ0n) is 13.8. The lowest BCUT2D eigenvalue weighted by atomic mass is 10.1. The van der Waals surface area contributed by atoms with E-state index in [2.05, 4.69) is 21.7 Å². The van der Waals surface area contributed by atoms with Gasteiger partial charge in [0.25, 0.3) is 0 Å². The third-order valence-electron chi connectivity index (χ3n) is 3.89. The quantitative estimate of drug-likeness (QED) is 0.681. The molecule has 0 radical (unpaired) electrons. The number of nitrogens with zero attached hydrogens (tertiary/aromatic N) is 1. The topological polar surface area (TPSA) is 54.0 Å². The van der Waals surface area contributed by atoms with Crippen LogP contribution >= 0.6 is 22.7 Å². The van der Waals surface area contributed by atoms with Crippen LogP contribution in [0.15, 0.2) is 35.7 Å². The van der Waals surface area contributed by atoms with E-state index in [4.69, 9.17) is 0 Å². The van der Waals surface area contributed by atoms with Gasteiger partial charge in [0.05, 0.1) is 17.1 Å². The molecule has 0 aliphatic rings. The molecule has 0 saturated carbocycles. The van der Waals surface area contributed by atoms with Crippen molar-refractivity contribution < 1.29 is 4.79 Å². The van der Waals surface area contributed by atoms with Crippen LogP contribution in [0.3, 0.4) is 0 Å². The number of rotatable bonds is 4. The van der Waals surface area contributed by atoms with Crippen LogP contribution in [0.4, 0.5) is 10.5 Å². The van der Waals surface area contributed by atoms with Gasteiger partial charge in [0, 0.05) is 10.6 Å². The van der Waals surface area contributed by atoms with E-state index < -0.39 is 0 Å². The van der Waals surface area contributed by atoms with Crippen LogP contribution < -0.4 is 10.6 Å². The molecule has 2 aromatic heterocycles. The molecule has 3 rings (SSSR count). The number of carbonyl (C=O) groups is 1. The van der Waals surface area contributed by atoms with E-state index in [1.165, 1.54) is 0 Å². The Morgan fingerprint density at radius 3 is 2.75 bits per heavy atom. The molecule has 6 heteroatoms. The molecule has 0 aliphatic heterocycles. The average Bonchev–Trinajstić information content (AvgIpc) is 3.19. The summed E-state index contributed by atoms with van der Waals surface area (Å²) in [4.78, 5) is 19.0. The van der Waals surface area contributed by atoms with Crippen molar-refractivity contribution in [3.63, 3.8) is 0 Å². The third kappa shape index (κ3) is 3.66. The van der Waals surface area contributed by atoms with Crippen molar-refractivity contribution in [2.45, 2.75) is 27.3 Å². The number of aryl methyl sites for hydroxylation is 2. The summed E-state index contributed by atoms with van der Waals surface area (Å²) in [7, 11) is 0. The van der Waals surface area contributed by atoms with Gasteiger partial charge in [-0.15, -0.1) is 22.7 Å². The van der Waals surface area contributed by atoms with Crippen LogP contribution in [0.5, 0.6) is 0 Å². The van der Waals surface area contributed by atoms with E-state index in [0.29, 0.717) is 6.54 Å². The van der Waals surface area contributed by atoms with Gasteiger partial charge >= 0.3 is 6.03 Å². The number of aromatic nitrogens is 1. The molecular formula is C18H19N3OS2. The monoisotopic (exact) mass is 357 g/mol. The number of nitrogens with one attached hydrogen (secondary N) is 2. The van der Waals surface area contributed by atoms with Crippen molar-refractivity contribution in [3.8, 4) is 9.88 Å². The average molecular weight is 358 g/mol. The second-order valence-corrected chi connectivity index (χ2v) is 7.59. The molecular weight excluding hydrogens is 338 g/mol. The molecule has 0 unspecified atom stereocenters. The number of thiophene rings is 1. The summed E-state index contributed by atoms with van der Waals surface area (Å²) >= 11 is 3.30. The predicted molar refractivity (Wildman–Crippen MR) is 102 cm³/mol. The first kappa shape index (κ1) is 16.7. The van der Waals surface area contributed by atoms with Gasteiger partial charge in [-0.05, 0) is 49.4 Å². The molecule has 0 spiro atoms. The second-order valence-electron chi connectivity index (χ2n) is 5.56. The minimum absolute atomic E-state index is 0.200. The molecule has 124 valence electrons. The largest absolute Gasteiger partial charge is 0.333 e. The molecule has 3 aromatic rings. The molecule has 24 heavy (non-hydrogen) atoms. The Labute approximate surface area is 149 Å². The van der Waals surface area contributed by atoms with E-state index in [9.17, 15) is 4.79 Å². The van der Waals surface area contributed by atoms with Crippen LogP contribution in [0.2, 0.25) is 0 Å². The fourth-order valence-corrected chi connectivity index (χ4v) is 4.11. The Hall–Kier alpha value is -2.18. The predicted octanol–water partition coefficient (Wildman–Crippen LogP) is 5.12. The van der Waals surface area contributed by atoms with Crippen molar-refractivity contribution in [3.05, 3.63) is 57.4 Å². The highest BCUT2D eigenvalue weighted by Gasteiger charge is 2.12. The highest BCUT2D eigenvalue weighted by Crippen LogP contribution is 2.31. The number of hydrogen-bond acceptors (Lipinski definition) is 4. The number of benzene rings is 1. The van der Waals surface area contributed by atoms with E-state index in [1.807, 2.05) is 50.4 Å². The van der Waals surface area contributed by atoms with Crippen LogP contribution in [0.25, 0.3) is 9.88 Å². The third-order valence-corrected chi connectivity index (χ3v) is 6.08. The zero-order valence-corrected chi connectivity index (χ0v) is 15.5. The maximum absolute atomic E-state index is 12.2. The van der Waals surface area contributed by atoms with Crippen molar-refractivity contribution in [2.24, 2.45) is 0 Å². The minimum atomic E-state index is -0.200. The number of anilines is 1. The van der Waals surface area contributed by atoms with E-state index >= 15 is 0 Å². The molecule has 2 N–H and O–H groups in total. The fraction of sp³-hybridized carbons (Fsp3) is 0.222. The highest BCUT2D eigenvalue weighted by molar-refractivity contribution is 7.21. The van der Waals surface area contributed by atoms with Gasteiger partial charge in [0.15, 0.2) is 0 Å². The zero-order chi connectivity index (χ0) is 17.1. The van der Waals surface area contributed by atoms with Gasteiger partial charge in [-0.1, -0.05) is 18.2 Å². The molecule has 0 atom stereocenters. The molecule has 2 amide bonds. The fourth-order valence-electron chi connectivity index (χ4n) is 2.31. The van der Waals surface area contributed by atoms with Crippen molar-refractivity contribution in [1.29, 1.82) is 0 Å². The normalized spacial score (nSPS) is 10.6. The van der Waals surface area contributed by atoms with Gasteiger partial charge < -0.3 is 10.6 Å². The Morgan fingerprint density at radius 1 is 1.17 bits per heavy atom. The molecule has 0 aliphatic carbocycles. The number of urea groups is 1. The SMILES string of the molecule is Cc1cccc(NC(=O)NCc2sc(-c3cccs3)nc2C)c1C. The summed E-state index contributed by atoms with van der Waals surface area (Å²) in [5.74, 6) is 0. The molecule has 4 nitrogen and oxygen atoms in total. The van der Waals surface area contributed by atoms with Crippen molar-refractivity contribution in [2.75, 3.05) is 5.32 Å². The van der Waals surface area contributed by atoms with Gasteiger partial charge in [0.2, 0.25) is 0 Å². The summed E-state index contributed by atoms with van der Waals surface area (Å²) in [5.41, 5.74) is 4.05. The van der Waals surface area contributed by atoms with Gasteiger partial charge in [-0.3, -0.25) is 0 Å².